The van der Waals surface area contributed by atoms with Crippen LogP contribution < -0.4 is 5.32 Å². The van der Waals surface area contributed by atoms with Crippen molar-refractivity contribution in [3.8, 4) is 0 Å². The van der Waals surface area contributed by atoms with Gasteiger partial charge in [0.15, 0.2) is 0 Å². The van der Waals surface area contributed by atoms with Crippen molar-refractivity contribution < 1.29 is 4.74 Å². The summed E-state index contributed by atoms with van der Waals surface area (Å²) in [4.78, 5) is 1.39. The van der Waals surface area contributed by atoms with Gasteiger partial charge in [-0.15, -0.1) is 11.3 Å². The van der Waals surface area contributed by atoms with E-state index in [9.17, 15) is 0 Å². The molecule has 1 rings (SSSR count). The lowest BCUT2D eigenvalue weighted by molar-refractivity contribution is -0.0104. The van der Waals surface area contributed by atoms with Crippen molar-refractivity contribution in [3.05, 3.63) is 20.8 Å². The summed E-state index contributed by atoms with van der Waals surface area (Å²) in [7, 11) is 1.81. The van der Waals surface area contributed by atoms with Gasteiger partial charge in [-0.3, -0.25) is 0 Å². The van der Waals surface area contributed by atoms with E-state index < -0.39 is 0 Å². The van der Waals surface area contributed by atoms with Gasteiger partial charge in [0.05, 0.1) is 9.89 Å². The molecule has 1 aromatic rings. The average Bonchev–Trinajstić information content (AvgIpc) is 2.63. The average molecular weight is 334 g/mol. The first-order chi connectivity index (χ1) is 8.38. The Morgan fingerprint density at radius 1 is 1.39 bits per heavy atom. The molecule has 2 atom stereocenters. The zero-order valence-electron chi connectivity index (χ0n) is 11.9. The van der Waals surface area contributed by atoms with E-state index in [2.05, 4.69) is 61.1 Å². The normalized spacial score (nSPS) is 15.7. The van der Waals surface area contributed by atoms with Gasteiger partial charge in [0.2, 0.25) is 0 Å². The maximum Gasteiger partial charge on any atom is 0.0775 e. The zero-order valence-corrected chi connectivity index (χ0v) is 14.3. The first kappa shape index (κ1) is 16.2. The van der Waals surface area contributed by atoms with Crippen molar-refractivity contribution in [2.24, 2.45) is 5.41 Å². The van der Waals surface area contributed by atoms with Gasteiger partial charge in [0, 0.05) is 18.0 Å². The molecule has 4 heteroatoms. The third-order valence-electron chi connectivity index (χ3n) is 2.99. The molecule has 104 valence electrons. The Morgan fingerprint density at radius 3 is 2.44 bits per heavy atom. The van der Waals surface area contributed by atoms with Gasteiger partial charge in [-0.1, -0.05) is 27.7 Å². The summed E-state index contributed by atoms with van der Waals surface area (Å²) in [5.41, 5.74) is 0.135. The Hall–Kier alpha value is 0.1000. The third kappa shape index (κ3) is 4.65. The SMILES string of the molecule is CCNC(Cc1ccc(Br)s1)C(OC)C(C)(C)C. The van der Waals surface area contributed by atoms with E-state index >= 15 is 0 Å². The van der Waals surface area contributed by atoms with Crippen LogP contribution >= 0.6 is 27.3 Å². The number of hydrogen-bond donors (Lipinski definition) is 1. The highest BCUT2D eigenvalue weighted by atomic mass is 79.9. The summed E-state index contributed by atoms with van der Waals surface area (Å²) in [6.07, 6.45) is 1.22. The lowest BCUT2D eigenvalue weighted by atomic mass is 9.83. The zero-order chi connectivity index (χ0) is 13.8. The van der Waals surface area contributed by atoms with Crippen LogP contribution in [0.1, 0.15) is 32.6 Å². The summed E-state index contributed by atoms with van der Waals surface area (Å²) in [6, 6.07) is 4.65. The van der Waals surface area contributed by atoms with Gasteiger partial charge in [0.1, 0.15) is 0 Å². The highest BCUT2D eigenvalue weighted by Crippen LogP contribution is 2.29. The van der Waals surface area contributed by atoms with Crippen LogP contribution in [-0.2, 0) is 11.2 Å². The second-order valence-electron chi connectivity index (χ2n) is 5.60. The number of ether oxygens (including phenoxy) is 1. The quantitative estimate of drug-likeness (QED) is 0.846. The smallest absolute Gasteiger partial charge is 0.0775 e. The van der Waals surface area contributed by atoms with Gasteiger partial charge in [-0.25, -0.2) is 0 Å². The van der Waals surface area contributed by atoms with Crippen LogP contribution in [-0.4, -0.2) is 25.8 Å². The standard InChI is InChI=1S/C14H24BrNOS/c1-6-16-11(13(17-5)14(2,3)4)9-10-7-8-12(15)18-10/h7-8,11,13,16H,6,9H2,1-5H3. The van der Waals surface area contributed by atoms with Crippen molar-refractivity contribution in [1.29, 1.82) is 0 Å². The molecule has 0 aliphatic rings. The number of thiophene rings is 1. The van der Waals surface area contributed by atoms with Crippen LogP contribution in [0.3, 0.4) is 0 Å². The predicted molar refractivity (Wildman–Crippen MR) is 83.4 cm³/mol. The molecule has 18 heavy (non-hydrogen) atoms. The van der Waals surface area contributed by atoms with Gasteiger partial charge in [-0.2, -0.15) is 0 Å². The number of nitrogens with one attached hydrogen (secondary N) is 1. The van der Waals surface area contributed by atoms with Crippen LogP contribution in [0.4, 0.5) is 0 Å². The van der Waals surface area contributed by atoms with Gasteiger partial charge >= 0.3 is 0 Å². The summed E-state index contributed by atoms with van der Waals surface area (Å²) in [6.45, 7) is 9.81. The Labute approximate surface area is 123 Å². The number of likely N-dealkylation sites (N-methyl/N-ethyl adjacent to an activating group) is 1. The Kier molecular flexibility index (Phi) is 6.31. The largest absolute Gasteiger partial charge is 0.379 e. The molecule has 2 unspecified atom stereocenters. The van der Waals surface area contributed by atoms with E-state index in [0.29, 0.717) is 6.04 Å². The van der Waals surface area contributed by atoms with E-state index in [1.165, 1.54) is 8.66 Å². The van der Waals surface area contributed by atoms with Crippen LogP contribution in [0.5, 0.6) is 0 Å². The minimum Gasteiger partial charge on any atom is -0.379 e. The van der Waals surface area contributed by atoms with Gasteiger partial charge in [0.25, 0.3) is 0 Å². The maximum absolute atomic E-state index is 5.74. The third-order valence-corrected chi connectivity index (χ3v) is 4.64. The summed E-state index contributed by atoms with van der Waals surface area (Å²) >= 11 is 5.32. The van der Waals surface area contributed by atoms with Crippen LogP contribution in [0.25, 0.3) is 0 Å². The summed E-state index contributed by atoms with van der Waals surface area (Å²) in [5.74, 6) is 0. The Morgan fingerprint density at radius 2 is 2.06 bits per heavy atom. The predicted octanol–water partition coefficient (Wildman–Crippen LogP) is 4.09. The number of methoxy groups -OCH3 is 1. The number of hydrogen-bond acceptors (Lipinski definition) is 3. The minimum absolute atomic E-state index is 0.135. The molecule has 1 N–H and O–H groups in total. The highest BCUT2D eigenvalue weighted by Gasteiger charge is 2.32. The fourth-order valence-electron chi connectivity index (χ4n) is 2.35. The molecule has 0 fully saturated rings. The van der Waals surface area contributed by atoms with Crippen molar-refractivity contribution >= 4 is 27.3 Å². The van der Waals surface area contributed by atoms with Crippen LogP contribution in [0.15, 0.2) is 15.9 Å². The van der Waals surface area contributed by atoms with E-state index in [1.807, 2.05) is 7.11 Å². The fraction of sp³-hybridized carbons (Fsp3) is 0.714. The molecule has 0 spiro atoms. The summed E-state index contributed by atoms with van der Waals surface area (Å²) in [5, 5.41) is 3.56. The summed E-state index contributed by atoms with van der Waals surface area (Å²) < 4.78 is 6.93. The number of rotatable bonds is 6. The molecule has 0 aliphatic heterocycles. The molecule has 0 saturated heterocycles. The molecule has 0 saturated carbocycles. The lowest BCUT2D eigenvalue weighted by Gasteiger charge is -2.36. The Bertz CT molecular complexity index is 359. The second kappa shape index (κ2) is 7.04. The second-order valence-corrected chi connectivity index (χ2v) is 8.14. The molecule has 0 aliphatic carbocycles. The van der Waals surface area contributed by atoms with Gasteiger partial charge < -0.3 is 10.1 Å². The minimum atomic E-state index is 0.135. The van der Waals surface area contributed by atoms with Crippen molar-refractivity contribution in [2.75, 3.05) is 13.7 Å². The first-order valence-electron chi connectivity index (χ1n) is 6.39. The Balaban J connectivity index is 2.80. The topological polar surface area (TPSA) is 21.3 Å². The van der Waals surface area contributed by atoms with Crippen molar-refractivity contribution in [3.63, 3.8) is 0 Å². The molecule has 0 aromatic carbocycles. The van der Waals surface area contributed by atoms with E-state index in [-0.39, 0.29) is 11.5 Å². The molecule has 0 amide bonds. The van der Waals surface area contributed by atoms with Gasteiger partial charge in [-0.05, 0) is 46.4 Å². The highest BCUT2D eigenvalue weighted by molar-refractivity contribution is 9.11. The molecular formula is C14H24BrNOS. The van der Waals surface area contributed by atoms with Crippen LogP contribution in [0, 0.1) is 5.41 Å². The number of halogens is 1. The molecule has 1 heterocycles. The molecule has 1 aromatic heterocycles. The monoisotopic (exact) mass is 333 g/mol. The van der Waals surface area contributed by atoms with E-state index in [4.69, 9.17) is 4.74 Å². The fourth-order valence-corrected chi connectivity index (χ4v) is 3.89. The van der Waals surface area contributed by atoms with E-state index in [1.54, 1.807) is 11.3 Å². The van der Waals surface area contributed by atoms with Crippen molar-refractivity contribution in [2.45, 2.75) is 46.3 Å². The van der Waals surface area contributed by atoms with Crippen molar-refractivity contribution in [1.82, 2.24) is 5.32 Å². The van der Waals surface area contributed by atoms with E-state index in [0.717, 1.165) is 13.0 Å². The molecule has 0 radical (unpaired) electrons. The first-order valence-corrected chi connectivity index (χ1v) is 7.99. The lowest BCUT2D eigenvalue weighted by Crippen LogP contribution is -2.48. The molecule has 0 bridgehead atoms. The van der Waals surface area contributed by atoms with Crippen LogP contribution in [0.2, 0.25) is 0 Å². The molecular weight excluding hydrogens is 310 g/mol. The molecule has 2 nitrogen and oxygen atoms in total. The maximum atomic E-state index is 5.74.